The lowest BCUT2D eigenvalue weighted by molar-refractivity contribution is -0.130. The molecule has 2 heterocycles. The Morgan fingerprint density at radius 3 is 2.36 bits per heavy atom. The first-order chi connectivity index (χ1) is 13.5. The van der Waals surface area contributed by atoms with Crippen LogP contribution in [0.1, 0.15) is 17.4 Å². The maximum atomic E-state index is 12.8. The van der Waals surface area contributed by atoms with Crippen LogP contribution in [0.2, 0.25) is 0 Å². The van der Waals surface area contributed by atoms with Crippen LogP contribution in [0.4, 0.5) is 11.4 Å². The third-order valence-electron chi connectivity index (χ3n) is 4.68. The molecule has 0 radical (unpaired) electrons. The van der Waals surface area contributed by atoms with Gasteiger partial charge in [-0.25, -0.2) is 0 Å². The predicted molar refractivity (Wildman–Crippen MR) is 105 cm³/mol. The molecule has 1 aromatic carbocycles. The highest BCUT2D eigenvalue weighted by Crippen LogP contribution is 2.31. The molecule has 0 unspecified atom stereocenters. The van der Waals surface area contributed by atoms with Gasteiger partial charge in [-0.3, -0.25) is 14.6 Å². The summed E-state index contributed by atoms with van der Waals surface area (Å²) in [6.07, 6.45) is 1.59. The van der Waals surface area contributed by atoms with Gasteiger partial charge in [0.1, 0.15) is 17.2 Å². The van der Waals surface area contributed by atoms with E-state index in [1.165, 1.54) is 0 Å². The molecule has 2 aromatic rings. The summed E-state index contributed by atoms with van der Waals surface area (Å²) in [4.78, 5) is 31.9. The van der Waals surface area contributed by atoms with E-state index in [0.717, 1.165) is 5.69 Å². The van der Waals surface area contributed by atoms with Gasteiger partial charge in [0, 0.05) is 51.1 Å². The first kappa shape index (κ1) is 19.5. The van der Waals surface area contributed by atoms with E-state index in [-0.39, 0.29) is 11.8 Å². The largest absolute Gasteiger partial charge is 0.497 e. The van der Waals surface area contributed by atoms with Crippen molar-refractivity contribution in [3.63, 3.8) is 0 Å². The minimum atomic E-state index is -0.149. The van der Waals surface area contributed by atoms with Crippen molar-refractivity contribution < 1.29 is 19.1 Å². The number of rotatable bonds is 5. The van der Waals surface area contributed by atoms with Crippen LogP contribution in [-0.2, 0) is 4.79 Å². The second-order valence-corrected chi connectivity index (χ2v) is 6.42. The number of nitrogens with one attached hydrogen (secondary N) is 1. The first-order valence-electron chi connectivity index (χ1n) is 9.01. The van der Waals surface area contributed by atoms with Crippen molar-refractivity contribution in [3.05, 3.63) is 42.2 Å². The molecular formula is C20H24N4O4. The number of benzene rings is 1. The summed E-state index contributed by atoms with van der Waals surface area (Å²) in [6, 6.07) is 8.93. The summed E-state index contributed by atoms with van der Waals surface area (Å²) < 4.78 is 10.6. The monoisotopic (exact) mass is 384 g/mol. The van der Waals surface area contributed by atoms with Gasteiger partial charge in [0.15, 0.2) is 0 Å². The molecule has 1 saturated heterocycles. The molecule has 3 rings (SSSR count). The lowest BCUT2D eigenvalue weighted by atomic mass is 10.2. The van der Waals surface area contributed by atoms with Crippen molar-refractivity contribution in [1.29, 1.82) is 0 Å². The highest BCUT2D eigenvalue weighted by molar-refractivity contribution is 5.93. The zero-order valence-electron chi connectivity index (χ0n) is 16.3. The molecule has 0 atom stereocenters. The number of hydrogen-bond acceptors (Lipinski definition) is 6. The number of hydrogen-bond donors (Lipinski definition) is 1. The molecule has 0 bridgehead atoms. The zero-order chi connectivity index (χ0) is 20.1. The number of piperazine rings is 1. The minimum absolute atomic E-state index is 0.0312. The maximum Gasteiger partial charge on any atom is 0.272 e. The third kappa shape index (κ3) is 4.33. The smallest absolute Gasteiger partial charge is 0.272 e. The molecule has 1 aromatic heterocycles. The van der Waals surface area contributed by atoms with Gasteiger partial charge in [-0.1, -0.05) is 0 Å². The second kappa shape index (κ2) is 8.60. The van der Waals surface area contributed by atoms with Gasteiger partial charge >= 0.3 is 0 Å². The van der Waals surface area contributed by atoms with E-state index in [0.29, 0.717) is 49.1 Å². The molecule has 8 heteroatoms. The summed E-state index contributed by atoms with van der Waals surface area (Å²) in [5.41, 5.74) is 1.79. The number of anilines is 2. The van der Waals surface area contributed by atoms with Gasteiger partial charge in [0.05, 0.1) is 19.9 Å². The number of nitrogens with zero attached hydrogens (tertiary/aromatic N) is 3. The molecule has 1 aliphatic rings. The van der Waals surface area contributed by atoms with Gasteiger partial charge < -0.3 is 24.6 Å². The molecule has 0 saturated carbocycles. The number of carbonyl (C=O) groups excluding carboxylic acids is 2. The fraction of sp³-hybridized carbons (Fsp3) is 0.350. The highest BCUT2D eigenvalue weighted by Gasteiger charge is 2.24. The van der Waals surface area contributed by atoms with Crippen molar-refractivity contribution in [2.75, 3.05) is 45.7 Å². The fourth-order valence-corrected chi connectivity index (χ4v) is 3.08. The van der Waals surface area contributed by atoms with Crippen molar-refractivity contribution in [1.82, 2.24) is 14.8 Å². The van der Waals surface area contributed by atoms with Crippen molar-refractivity contribution in [2.45, 2.75) is 6.92 Å². The Balaban J connectivity index is 1.74. The van der Waals surface area contributed by atoms with Crippen LogP contribution in [0.3, 0.4) is 0 Å². The Morgan fingerprint density at radius 1 is 1.00 bits per heavy atom. The van der Waals surface area contributed by atoms with Crippen LogP contribution in [0, 0.1) is 0 Å². The molecule has 2 amide bonds. The van der Waals surface area contributed by atoms with E-state index in [4.69, 9.17) is 9.47 Å². The standard InChI is InChI=1S/C20H24N4O4/c1-14(25)23-8-10-24(11-9-23)20(26)18-12-15(6-7-21-18)22-17-13-16(27-2)4-5-19(17)28-3/h4-7,12-13H,8-11H2,1-3H3,(H,21,22). The van der Waals surface area contributed by atoms with Crippen LogP contribution in [0.5, 0.6) is 11.5 Å². The second-order valence-electron chi connectivity index (χ2n) is 6.42. The fourth-order valence-electron chi connectivity index (χ4n) is 3.08. The first-order valence-corrected chi connectivity index (χ1v) is 9.01. The lowest BCUT2D eigenvalue weighted by Crippen LogP contribution is -2.50. The van der Waals surface area contributed by atoms with Gasteiger partial charge in [0.2, 0.25) is 5.91 Å². The van der Waals surface area contributed by atoms with Crippen LogP contribution < -0.4 is 14.8 Å². The SMILES string of the molecule is COc1ccc(OC)c(Nc2ccnc(C(=O)N3CCN(C(C)=O)CC3)c2)c1. The van der Waals surface area contributed by atoms with Gasteiger partial charge in [0.25, 0.3) is 5.91 Å². The van der Waals surface area contributed by atoms with Gasteiger partial charge in [-0.2, -0.15) is 0 Å². The summed E-state index contributed by atoms with van der Waals surface area (Å²) in [5.74, 6) is 1.23. The van der Waals surface area contributed by atoms with Crippen LogP contribution >= 0.6 is 0 Å². The zero-order valence-corrected chi connectivity index (χ0v) is 16.3. The van der Waals surface area contributed by atoms with Crippen LogP contribution in [0.15, 0.2) is 36.5 Å². The Hall–Kier alpha value is -3.29. The quantitative estimate of drug-likeness (QED) is 0.850. The molecule has 1 fully saturated rings. The molecule has 0 aliphatic carbocycles. The van der Waals surface area contributed by atoms with E-state index < -0.39 is 0 Å². The average molecular weight is 384 g/mol. The molecule has 28 heavy (non-hydrogen) atoms. The Bertz CT molecular complexity index is 863. The topological polar surface area (TPSA) is 84.0 Å². The predicted octanol–water partition coefficient (Wildman–Crippen LogP) is 2.15. The molecule has 8 nitrogen and oxygen atoms in total. The van der Waals surface area contributed by atoms with Crippen LogP contribution in [0.25, 0.3) is 0 Å². The molecule has 1 aliphatic heterocycles. The van der Waals surface area contributed by atoms with E-state index in [1.54, 1.807) is 49.3 Å². The maximum absolute atomic E-state index is 12.8. The average Bonchev–Trinajstić information content (AvgIpc) is 2.73. The Morgan fingerprint density at radius 2 is 1.71 bits per heavy atom. The summed E-state index contributed by atoms with van der Waals surface area (Å²) in [7, 11) is 3.19. The van der Waals surface area contributed by atoms with Gasteiger partial charge in [-0.15, -0.1) is 0 Å². The lowest BCUT2D eigenvalue weighted by Gasteiger charge is -2.34. The summed E-state index contributed by atoms with van der Waals surface area (Å²) in [5, 5.41) is 3.25. The van der Waals surface area contributed by atoms with Gasteiger partial charge in [-0.05, 0) is 24.3 Å². The normalized spacial score (nSPS) is 13.8. The number of aromatic nitrogens is 1. The number of amides is 2. The molecule has 0 spiro atoms. The Kier molecular flexibility index (Phi) is 5.98. The molecule has 148 valence electrons. The number of ether oxygens (including phenoxy) is 2. The van der Waals surface area contributed by atoms with Crippen LogP contribution in [-0.4, -0.2) is 67.0 Å². The van der Waals surface area contributed by atoms with Crippen molar-refractivity contribution in [2.24, 2.45) is 0 Å². The Labute approximate surface area is 164 Å². The van der Waals surface area contributed by atoms with Crippen molar-refractivity contribution in [3.8, 4) is 11.5 Å². The number of pyridine rings is 1. The summed E-state index contributed by atoms with van der Waals surface area (Å²) in [6.45, 7) is 3.63. The number of carbonyl (C=O) groups is 2. The number of methoxy groups -OCH3 is 2. The van der Waals surface area contributed by atoms with E-state index >= 15 is 0 Å². The third-order valence-corrected chi connectivity index (χ3v) is 4.68. The van der Waals surface area contributed by atoms with Crippen molar-refractivity contribution >= 4 is 23.2 Å². The van der Waals surface area contributed by atoms with E-state index in [9.17, 15) is 9.59 Å². The minimum Gasteiger partial charge on any atom is -0.497 e. The molecule has 1 N–H and O–H groups in total. The van der Waals surface area contributed by atoms with E-state index in [1.807, 2.05) is 18.2 Å². The highest BCUT2D eigenvalue weighted by atomic mass is 16.5. The van der Waals surface area contributed by atoms with E-state index in [2.05, 4.69) is 10.3 Å². The molecular weight excluding hydrogens is 360 g/mol. The summed E-state index contributed by atoms with van der Waals surface area (Å²) >= 11 is 0.